The molecule has 10 heteroatoms. The van der Waals surface area contributed by atoms with E-state index in [0.717, 1.165) is 16.8 Å². The van der Waals surface area contributed by atoms with E-state index in [4.69, 9.17) is 44.9 Å². The molecule has 0 aliphatic carbocycles. The molecule has 4 rings (SSSR count). The monoisotopic (exact) mass is 572 g/mol. The summed E-state index contributed by atoms with van der Waals surface area (Å²) in [7, 11) is 1.51. The molecule has 0 unspecified atom stereocenters. The Morgan fingerprint density at radius 2 is 1.78 bits per heavy atom. The Bertz CT molecular complexity index is 1420. The Morgan fingerprint density at radius 1 is 1.05 bits per heavy atom. The molecule has 1 aliphatic heterocycles. The van der Waals surface area contributed by atoms with Crippen LogP contribution in [0.15, 0.2) is 59.5 Å². The van der Waals surface area contributed by atoms with Crippen molar-refractivity contribution in [2.75, 3.05) is 23.9 Å². The molecular formula is C27H22Cl2N2O4S2. The smallest absolute Gasteiger partial charge is 0.270 e. The van der Waals surface area contributed by atoms with Crippen LogP contribution in [0.4, 0.5) is 11.4 Å². The van der Waals surface area contributed by atoms with Crippen molar-refractivity contribution in [3.05, 3.63) is 86.2 Å². The van der Waals surface area contributed by atoms with Gasteiger partial charge < -0.3 is 14.8 Å². The van der Waals surface area contributed by atoms with E-state index in [9.17, 15) is 9.59 Å². The minimum Gasteiger partial charge on any atom is -0.493 e. The van der Waals surface area contributed by atoms with E-state index in [-0.39, 0.29) is 18.4 Å². The lowest BCUT2D eigenvalue weighted by Gasteiger charge is -2.15. The Labute approximate surface area is 234 Å². The second-order valence-electron chi connectivity index (χ2n) is 8.13. The second-order valence-corrected chi connectivity index (χ2v) is 10.6. The fourth-order valence-corrected chi connectivity index (χ4v) is 5.28. The van der Waals surface area contributed by atoms with Gasteiger partial charge in [0.1, 0.15) is 0 Å². The standard InChI is InChI=1S/C27H22Cl2N2O4S2/c1-15-5-4-6-16(2)25(15)30-24(32)14-35-21-10-7-17(11-22(21)34-3)12-23-26(33)31(27(36)37-23)18-8-9-19(28)20(29)13-18/h4-13H,14H2,1-3H3,(H,30,32)/b23-12-. The van der Waals surface area contributed by atoms with Crippen molar-refractivity contribution in [3.63, 3.8) is 0 Å². The first-order chi connectivity index (χ1) is 17.7. The molecule has 1 fully saturated rings. The fraction of sp³-hybridized carbons (Fsp3) is 0.148. The molecule has 37 heavy (non-hydrogen) atoms. The van der Waals surface area contributed by atoms with Crippen molar-refractivity contribution in [2.45, 2.75) is 13.8 Å². The number of para-hydroxylation sites is 1. The van der Waals surface area contributed by atoms with Crippen molar-refractivity contribution in [1.29, 1.82) is 0 Å². The number of carbonyl (C=O) groups excluding carboxylic acids is 2. The molecule has 3 aromatic rings. The van der Waals surface area contributed by atoms with Gasteiger partial charge in [0.05, 0.1) is 27.7 Å². The maximum atomic E-state index is 13.1. The summed E-state index contributed by atoms with van der Waals surface area (Å²) in [6.07, 6.45) is 1.72. The molecule has 0 bridgehead atoms. The summed E-state index contributed by atoms with van der Waals surface area (Å²) in [6.45, 7) is 3.68. The summed E-state index contributed by atoms with van der Waals surface area (Å²) in [6, 6.07) is 15.9. The van der Waals surface area contributed by atoms with E-state index in [0.29, 0.717) is 42.0 Å². The highest BCUT2D eigenvalue weighted by Gasteiger charge is 2.33. The van der Waals surface area contributed by atoms with Gasteiger partial charge in [0.2, 0.25) is 0 Å². The van der Waals surface area contributed by atoms with Crippen molar-refractivity contribution in [1.82, 2.24) is 0 Å². The van der Waals surface area contributed by atoms with E-state index < -0.39 is 0 Å². The van der Waals surface area contributed by atoms with Gasteiger partial charge in [-0.15, -0.1) is 0 Å². The molecule has 0 aromatic heterocycles. The number of methoxy groups -OCH3 is 1. The molecule has 3 aromatic carbocycles. The fourth-order valence-electron chi connectivity index (χ4n) is 3.69. The molecule has 6 nitrogen and oxygen atoms in total. The van der Waals surface area contributed by atoms with Crippen LogP contribution in [0.5, 0.6) is 11.5 Å². The molecule has 0 spiro atoms. The third kappa shape index (κ3) is 6.10. The van der Waals surface area contributed by atoms with E-state index in [1.54, 1.807) is 42.5 Å². The molecule has 0 saturated carbocycles. The lowest BCUT2D eigenvalue weighted by atomic mass is 10.1. The molecule has 0 radical (unpaired) electrons. The van der Waals surface area contributed by atoms with Crippen LogP contribution >= 0.6 is 47.2 Å². The summed E-state index contributed by atoms with van der Waals surface area (Å²) in [5, 5.41) is 3.62. The maximum Gasteiger partial charge on any atom is 0.270 e. The molecule has 1 saturated heterocycles. The van der Waals surface area contributed by atoms with Crippen LogP contribution in [0, 0.1) is 13.8 Å². The molecular weight excluding hydrogens is 551 g/mol. The zero-order valence-corrected chi connectivity index (χ0v) is 23.3. The number of anilines is 2. The van der Waals surface area contributed by atoms with E-state index in [1.807, 2.05) is 32.0 Å². The van der Waals surface area contributed by atoms with Gasteiger partial charge in [0.25, 0.3) is 11.8 Å². The van der Waals surface area contributed by atoms with Crippen molar-refractivity contribution in [2.24, 2.45) is 0 Å². The third-order valence-corrected chi connectivity index (χ3v) is 7.59. The minimum absolute atomic E-state index is 0.189. The van der Waals surface area contributed by atoms with Gasteiger partial charge in [0.15, 0.2) is 22.4 Å². The van der Waals surface area contributed by atoms with E-state index in [1.165, 1.54) is 23.8 Å². The van der Waals surface area contributed by atoms with Crippen LogP contribution in [-0.2, 0) is 9.59 Å². The zero-order chi connectivity index (χ0) is 26.7. The number of ether oxygens (including phenoxy) is 2. The number of aryl methyl sites for hydroxylation is 2. The van der Waals surface area contributed by atoms with Crippen LogP contribution < -0.4 is 19.7 Å². The Morgan fingerprint density at radius 3 is 2.46 bits per heavy atom. The van der Waals surface area contributed by atoms with Crippen molar-refractivity contribution < 1.29 is 19.1 Å². The first-order valence-electron chi connectivity index (χ1n) is 11.1. The number of hydrogen-bond acceptors (Lipinski definition) is 6. The van der Waals surface area contributed by atoms with Crippen LogP contribution in [-0.4, -0.2) is 29.9 Å². The van der Waals surface area contributed by atoms with Crippen LogP contribution in [0.2, 0.25) is 10.0 Å². The summed E-state index contributed by atoms with van der Waals surface area (Å²) in [4.78, 5) is 27.4. The topological polar surface area (TPSA) is 67.9 Å². The SMILES string of the molecule is COc1cc(/C=C2\SC(=S)N(c3ccc(Cl)c(Cl)c3)C2=O)ccc1OCC(=O)Nc1c(C)cccc1C. The predicted octanol–water partition coefficient (Wildman–Crippen LogP) is 7.04. The number of thioether (sulfide) groups is 1. The van der Waals surface area contributed by atoms with Crippen LogP contribution in [0.25, 0.3) is 6.08 Å². The summed E-state index contributed by atoms with van der Waals surface area (Å²) in [5.74, 6) is 0.276. The lowest BCUT2D eigenvalue weighted by Crippen LogP contribution is -2.27. The van der Waals surface area contributed by atoms with E-state index >= 15 is 0 Å². The number of nitrogens with zero attached hydrogens (tertiary/aromatic N) is 1. The van der Waals surface area contributed by atoms with Gasteiger partial charge in [0, 0.05) is 5.69 Å². The summed E-state index contributed by atoms with van der Waals surface area (Å²) in [5.41, 5.74) is 3.97. The quantitative estimate of drug-likeness (QED) is 0.242. The molecule has 1 heterocycles. The average molecular weight is 574 g/mol. The van der Waals surface area contributed by atoms with Gasteiger partial charge in [-0.05, 0) is 66.9 Å². The maximum absolute atomic E-state index is 13.1. The highest BCUT2D eigenvalue weighted by Crippen LogP contribution is 2.38. The first-order valence-corrected chi connectivity index (χ1v) is 13.1. The molecule has 190 valence electrons. The zero-order valence-electron chi connectivity index (χ0n) is 20.1. The Balaban J connectivity index is 1.47. The van der Waals surface area contributed by atoms with Gasteiger partial charge in [-0.3, -0.25) is 14.5 Å². The van der Waals surface area contributed by atoms with Crippen molar-refractivity contribution in [3.8, 4) is 11.5 Å². The third-order valence-electron chi connectivity index (χ3n) is 5.54. The normalized spacial score (nSPS) is 14.3. The number of hydrogen-bond donors (Lipinski definition) is 1. The minimum atomic E-state index is -0.283. The number of thiocarbonyl (C=S) groups is 1. The van der Waals surface area contributed by atoms with E-state index in [2.05, 4.69) is 5.32 Å². The predicted molar refractivity (Wildman–Crippen MR) is 155 cm³/mol. The Hall–Kier alpha value is -3.04. The van der Waals surface area contributed by atoms with Crippen LogP contribution in [0.1, 0.15) is 16.7 Å². The van der Waals surface area contributed by atoms with Gasteiger partial charge in [-0.1, -0.05) is 71.4 Å². The highest BCUT2D eigenvalue weighted by molar-refractivity contribution is 8.27. The Kier molecular flexibility index (Phi) is 8.44. The largest absolute Gasteiger partial charge is 0.493 e. The highest BCUT2D eigenvalue weighted by atomic mass is 35.5. The average Bonchev–Trinajstić information content (AvgIpc) is 3.14. The number of benzene rings is 3. The van der Waals surface area contributed by atoms with Gasteiger partial charge in [-0.25, -0.2) is 0 Å². The lowest BCUT2D eigenvalue weighted by molar-refractivity contribution is -0.118. The van der Waals surface area contributed by atoms with Gasteiger partial charge >= 0.3 is 0 Å². The molecule has 2 amide bonds. The first kappa shape index (κ1) is 27.0. The second kappa shape index (κ2) is 11.6. The summed E-state index contributed by atoms with van der Waals surface area (Å²) < 4.78 is 11.6. The molecule has 0 atom stereocenters. The molecule has 1 aliphatic rings. The van der Waals surface area contributed by atoms with Crippen LogP contribution in [0.3, 0.4) is 0 Å². The van der Waals surface area contributed by atoms with Crippen molar-refractivity contribution >= 4 is 80.8 Å². The number of amides is 2. The number of carbonyl (C=O) groups is 2. The number of halogens is 2. The number of rotatable bonds is 7. The summed E-state index contributed by atoms with van der Waals surface area (Å²) >= 11 is 18.7. The van der Waals surface area contributed by atoms with Gasteiger partial charge in [-0.2, -0.15) is 0 Å². The molecule has 1 N–H and O–H groups in total. The number of nitrogens with one attached hydrogen (secondary N) is 1.